The van der Waals surface area contributed by atoms with Crippen LogP contribution >= 0.6 is 19.8 Å². The molecule has 0 bridgehead atoms. The molecule has 2 rings (SSSR count). The minimum absolute atomic E-state index is 0.0445. The Morgan fingerprint density at radius 1 is 1.20 bits per heavy atom. The van der Waals surface area contributed by atoms with E-state index < -0.39 is 0 Å². The van der Waals surface area contributed by atoms with E-state index in [9.17, 15) is 14.4 Å². The van der Waals surface area contributed by atoms with Crippen LogP contribution in [0.2, 0.25) is 0 Å². The largest absolute Gasteiger partial charge is 0.356 e. The maximum absolute atomic E-state index is 12.2. The minimum atomic E-state index is -0.229. The third-order valence-corrected chi connectivity index (χ3v) is 7.04. The van der Waals surface area contributed by atoms with Crippen LogP contribution in [0.1, 0.15) is 64.7 Å². The molecule has 7 heteroatoms. The van der Waals surface area contributed by atoms with Crippen LogP contribution in [0.25, 0.3) is 0 Å². The molecule has 0 aromatic heterocycles. The minimum Gasteiger partial charge on any atom is -0.356 e. The Hall–Kier alpha value is -0.610. The van der Waals surface area contributed by atoms with Crippen LogP contribution in [0.15, 0.2) is 0 Å². The second-order valence-electron chi connectivity index (χ2n) is 7.24. The average Bonchev–Trinajstić information content (AvgIpc) is 2.89. The van der Waals surface area contributed by atoms with Crippen LogP contribution < -0.4 is 5.32 Å². The van der Waals surface area contributed by atoms with Crippen LogP contribution in [-0.2, 0) is 14.4 Å². The Morgan fingerprint density at radius 2 is 1.92 bits per heavy atom. The molecule has 142 valence electrons. The van der Waals surface area contributed by atoms with Crippen LogP contribution in [0.3, 0.4) is 0 Å². The van der Waals surface area contributed by atoms with Gasteiger partial charge >= 0.3 is 0 Å². The maximum atomic E-state index is 12.2. The molecule has 2 unspecified atom stereocenters. The van der Waals surface area contributed by atoms with E-state index in [2.05, 4.69) is 20.7 Å². The summed E-state index contributed by atoms with van der Waals surface area (Å²) < 4.78 is 0. The Kier molecular flexibility index (Phi) is 8.71. The van der Waals surface area contributed by atoms with E-state index in [1.165, 1.54) is 35.5 Å². The first kappa shape index (κ1) is 20.7. The third kappa shape index (κ3) is 5.96. The fourth-order valence-electron chi connectivity index (χ4n) is 3.72. The number of carbonyl (C=O) groups is 3. The second-order valence-corrected chi connectivity index (χ2v) is 8.90. The zero-order valence-corrected chi connectivity index (χ0v) is 17.1. The summed E-state index contributed by atoms with van der Waals surface area (Å²) in [7, 11) is 2.48. The first-order chi connectivity index (χ1) is 12.1. The third-order valence-electron chi connectivity index (χ3n) is 5.35. The summed E-state index contributed by atoms with van der Waals surface area (Å²) in [5.74, 6) is 0.536. The highest BCUT2D eigenvalue weighted by atomic mass is 32.7. The van der Waals surface area contributed by atoms with Crippen LogP contribution in [-0.4, -0.2) is 41.0 Å². The molecule has 2 fully saturated rings. The van der Waals surface area contributed by atoms with E-state index in [0.717, 1.165) is 38.6 Å². The van der Waals surface area contributed by atoms with Gasteiger partial charge in [-0.25, -0.2) is 0 Å². The highest BCUT2D eigenvalue weighted by molar-refractivity contribution is 8.44. The number of nitrogens with zero attached hydrogens (tertiary/aromatic N) is 1. The first-order valence-corrected chi connectivity index (χ1v) is 11.9. The van der Waals surface area contributed by atoms with Crippen molar-refractivity contribution in [2.24, 2.45) is 11.8 Å². The van der Waals surface area contributed by atoms with Crippen molar-refractivity contribution in [1.29, 1.82) is 0 Å². The summed E-state index contributed by atoms with van der Waals surface area (Å²) in [6, 6.07) is 0. The molecule has 0 aromatic carbocycles. The molecule has 1 heterocycles. The molecular weight excluding hydrogens is 355 g/mol. The predicted molar refractivity (Wildman–Crippen MR) is 105 cm³/mol. The quantitative estimate of drug-likeness (QED) is 0.376. The van der Waals surface area contributed by atoms with Crippen molar-refractivity contribution >= 4 is 37.5 Å². The Morgan fingerprint density at radius 3 is 2.52 bits per heavy atom. The normalized spacial score (nSPS) is 27.0. The topological polar surface area (TPSA) is 66.5 Å². The summed E-state index contributed by atoms with van der Waals surface area (Å²) in [4.78, 5) is 37.9. The Labute approximate surface area is 157 Å². The van der Waals surface area contributed by atoms with Crippen molar-refractivity contribution in [2.75, 3.05) is 13.1 Å². The van der Waals surface area contributed by atoms with Gasteiger partial charge in [0.05, 0.1) is 5.25 Å². The van der Waals surface area contributed by atoms with Gasteiger partial charge in [-0.3, -0.25) is 19.3 Å². The fourth-order valence-corrected chi connectivity index (χ4v) is 4.84. The van der Waals surface area contributed by atoms with Crippen molar-refractivity contribution in [2.45, 2.75) is 70.0 Å². The number of hydrogen-bond donors (Lipinski definition) is 1. The van der Waals surface area contributed by atoms with Gasteiger partial charge in [0.15, 0.2) is 0 Å². The summed E-state index contributed by atoms with van der Waals surface area (Å²) in [6.07, 6.45) is 8.56. The second kappa shape index (κ2) is 10.5. The fraction of sp³-hybridized carbons (Fsp3) is 0.833. The summed E-state index contributed by atoms with van der Waals surface area (Å²) in [6.45, 7) is 3.49. The van der Waals surface area contributed by atoms with Crippen molar-refractivity contribution < 1.29 is 14.4 Å². The lowest BCUT2D eigenvalue weighted by Crippen LogP contribution is -2.39. The number of amides is 3. The molecule has 1 saturated heterocycles. The number of imide groups is 1. The molecule has 1 aliphatic heterocycles. The number of hydrogen-bond acceptors (Lipinski definition) is 4. The molecule has 0 aromatic rings. The van der Waals surface area contributed by atoms with E-state index in [0.29, 0.717) is 18.9 Å². The molecule has 2 atom stereocenters. The van der Waals surface area contributed by atoms with Gasteiger partial charge in [-0.2, -0.15) is 0 Å². The van der Waals surface area contributed by atoms with Crippen LogP contribution in [0, 0.1) is 11.8 Å². The number of rotatable bonds is 9. The standard InChI is InChI=1S/C18H31N2O3PS/c1-2-3-4-5-10-19-17(22)14-8-6-13(7-9-14)12-20-16(21)11-15(25-24)18(20)23/h13-15H,2-12,24H2,1H3,(H,19,22). The number of nitrogens with one attached hydrogen (secondary N) is 1. The average molecular weight is 386 g/mol. The molecule has 2 aliphatic rings. The molecule has 3 amide bonds. The van der Waals surface area contributed by atoms with Crippen molar-refractivity contribution in [3.63, 3.8) is 0 Å². The van der Waals surface area contributed by atoms with Gasteiger partial charge in [0.1, 0.15) is 0 Å². The lowest BCUT2D eigenvalue weighted by atomic mass is 9.81. The SMILES string of the molecule is CCCCCCNC(=O)C1CCC(CN2C(=O)CC(SP)C2=O)CC1. The summed E-state index contributed by atoms with van der Waals surface area (Å²) in [5, 5.41) is 2.83. The van der Waals surface area contributed by atoms with Crippen LogP contribution in [0.4, 0.5) is 0 Å². The number of carbonyl (C=O) groups excluding carboxylic acids is 3. The smallest absolute Gasteiger partial charge is 0.243 e. The van der Waals surface area contributed by atoms with Crippen LogP contribution in [0.5, 0.6) is 0 Å². The zero-order valence-electron chi connectivity index (χ0n) is 15.2. The number of unbranched alkanes of at least 4 members (excludes halogenated alkanes) is 3. The van der Waals surface area contributed by atoms with E-state index in [1.807, 2.05) is 0 Å². The summed E-state index contributed by atoms with van der Waals surface area (Å²) in [5.41, 5.74) is 0. The molecule has 0 radical (unpaired) electrons. The van der Waals surface area contributed by atoms with Crippen molar-refractivity contribution in [3.8, 4) is 0 Å². The van der Waals surface area contributed by atoms with Gasteiger partial charge in [-0.15, -0.1) is 11.4 Å². The molecule has 25 heavy (non-hydrogen) atoms. The zero-order chi connectivity index (χ0) is 18.2. The van der Waals surface area contributed by atoms with Crippen molar-refractivity contribution in [3.05, 3.63) is 0 Å². The molecule has 1 aliphatic carbocycles. The maximum Gasteiger partial charge on any atom is 0.243 e. The predicted octanol–water partition coefficient (Wildman–Crippen LogP) is 3.14. The van der Waals surface area contributed by atoms with E-state index in [4.69, 9.17) is 0 Å². The molecule has 1 saturated carbocycles. The van der Waals surface area contributed by atoms with Gasteiger partial charge in [-0.1, -0.05) is 34.6 Å². The summed E-state index contributed by atoms with van der Waals surface area (Å²) >= 11 is 1.38. The van der Waals surface area contributed by atoms with Gasteiger partial charge in [0.2, 0.25) is 17.7 Å². The van der Waals surface area contributed by atoms with E-state index >= 15 is 0 Å². The van der Waals surface area contributed by atoms with Crippen molar-refractivity contribution in [1.82, 2.24) is 10.2 Å². The molecular formula is C18H31N2O3PS. The highest BCUT2D eigenvalue weighted by Crippen LogP contribution is 2.33. The van der Waals surface area contributed by atoms with Gasteiger partial charge in [0.25, 0.3) is 0 Å². The monoisotopic (exact) mass is 386 g/mol. The molecule has 5 nitrogen and oxygen atoms in total. The van der Waals surface area contributed by atoms with Gasteiger partial charge < -0.3 is 5.32 Å². The lowest BCUT2D eigenvalue weighted by Gasteiger charge is -2.30. The van der Waals surface area contributed by atoms with Gasteiger partial charge in [-0.05, 0) is 38.0 Å². The highest BCUT2D eigenvalue weighted by Gasteiger charge is 2.39. The van der Waals surface area contributed by atoms with E-state index in [-0.39, 0.29) is 28.9 Å². The lowest BCUT2D eigenvalue weighted by molar-refractivity contribution is -0.139. The molecule has 0 spiro atoms. The first-order valence-electron chi connectivity index (χ1n) is 9.54. The van der Waals surface area contributed by atoms with E-state index in [1.54, 1.807) is 0 Å². The Balaban J connectivity index is 1.68. The number of likely N-dealkylation sites (tertiary alicyclic amines) is 1. The van der Waals surface area contributed by atoms with Gasteiger partial charge in [0, 0.05) is 25.4 Å². The Bertz CT molecular complexity index is 481. The molecule has 1 N–H and O–H groups in total.